The maximum Gasteiger partial charge on any atom is 0.222 e. The molecular formula is C20H24N6O2. The number of benzene rings is 1. The van der Waals surface area contributed by atoms with Crippen LogP contribution in [0.4, 0.5) is 11.6 Å². The smallest absolute Gasteiger partial charge is 0.222 e. The molecule has 4 rings (SSSR count). The third-order valence-corrected chi connectivity index (χ3v) is 4.88. The van der Waals surface area contributed by atoms with E-state index in [9.17, 15) is 0 Å². The minimum absolute atomic E-state index is 0.134. The van der Waals surface area contributed by atoms with Crippen LogP contribution in [0, 0.1) is 0 Å². The van der Waals surface area contributed by atoms with Gasteiger partial charge in [-0.25, -0.2) is 15.0 Å². The van der Waals surface area contributed by atoms with Crippen molar-refractivity contribution in [2.75, 3.05) is 18.2 Å². The molecular weight excluding hydrogens is 356 g/mol. The fourth-order valence-corrected chi connectivity index (χ4v) is 3.51. The highest BCUT2D eigenvalue weighted by molar-refractivity contribution is 5.84. The summed E-state index contributed by atoms with van der Waals surface area (Å²) < 4.78 is 11.3. The summed E-state index contributed by atoms with van der Waals surface area (Å²) in [6.07, 6.45) is 10.9. The molecule has 1 aliphatic rings. The topological polar surface area (TPSA) is 108 Å². The summed E-state index contributed by atoms with van der Waals surface area (Å²) in [6, 6.07) is 3.98. The molecule has 0 aliphatic heterocycles. The van der Waals surface area contributed by atoms with Crippen LogP contribution in [0.15, 0.2) is 36.9 Å². The molecule has 8 nitrogen and oxygen atoms in total. The number of nitrogens with zero attached hydrogens (tertiary/aromatic N) is 4. The fraction of sp³-hybridized carbons (Fsp3) is 0.400. The van der Waals surface area contributed by atoms with Crippen molar-refractivity contribution in [1.29, 1.82) is 0 Å². The number of rotatable bonds is 6. The van der Waals surface area contributed by atoms with Gasteiger partial charge in [0, 0.05) is 55.3 Å². The SMILES string of the molecule is COCc1cnc(NC2CCC(Oc3cc(N)cc4nccnc34)CC2)nc1. The molecule has 3 aromatic rings. The van der Waals surface area contributed by atoms with E-state index in [-0.39, 0.29) is 6.10 Å². The van der Waals surface area contributed by atoms with E-state index in [1.165, 1.54) is 0 Å². The zero-order valence-electron chi connectivity index (χ0n) is 15.8. The van der Waals surface area contributed by atoms with Crippen LogP contribution in [0.2, 0.25) is 0 Å². The Morgan fingerprint density at radius 2 is 1.79 bits per heavy atom. The lowest BCUT2D eigenvalue weighted by molar-refractivity contribution is 0.152. The molecule has 0 bridgehead atoms. The standard InChI is InChI=1S/C20H24N6O2/c1-27-12-13-10-24-20(25-11-13)26-15-2-4-16(5-3-15)28-18-9-14(21)8-17-19(18)23-7-6-22-17/h6-11,15-16H,2-5,12,21H2,1H3,(H,24,25,26). The third kappa shape index (κ3) is 4.28. The Bertz CT molecular complexity index is 926. The summed E-state index contributed by atoms with van der Waals surface area (Å²) in [6.45, 7) is 0.520. The van der Waals surface area contributed by atoms with Crippen molar-refractivity contribution >= 4 is 22.7 Å². The molecule has 1 saturated carbocycles. The van der Waals surface area contributed by atoms with E-state index in [1.807, 2.05) is 12.1 Å². The number of nitrogen functional groups attached to an aromatic ring is 1. The molecule has 0 unspecified atom stereocenters. The number of ether oxygens (including phenoxy) is 2. The summed E-state index contributed by atoms with van der Waals surface area (Å²) in [5.74, 6) is 1.36. The number of anilines is 2. The number of nitrogens with one attached hydrogen (secondary N) is 1. The number of nitrogens with two attached hydrogens (primary N) is 1. The predicted molar refractivity (Wildman–Crippen MR) is 107 cm³/mol. The van der Waals surface area contributed by atoms with Crippen LogP contribution in [0.3, 0.4) is 0 Å². The van der Waals surface area contributed by atoms with E-state index in [0.717, 1.165) is 42.3 Å². The number of hydrogen-bond donors (Lipinski definition) is 2. The van der Waals surface area contributed by atoms with Crippen LogP contribution in [0.5, 0.6) is 5.75 Å². The second-order valence-electron chi connectivity index (χ2n) is 7.03. The Hall–Kier alpha value is -3.00. The van der Waals surface area contributed by atoms with Crippen LogP contribution in [0.25, 0.3) is 11.0 Å². The van der Waals surface area contributed by atoms with Crippen LogP contribution < -0.4 is 15.8 Å². The molecule has 0 radical (unpaired) electrons. The van der Waals surface area contributed by atoms with Crippen molar-refractivity contribution in [2.45, 2.75) is 44.4 Å². The van der Waals surface area contributed by atoms with Crippen molar-refractivity contribution < 1.29 is 9.47 Å². The van der Waals surface area contributed by atoms with Crippen molar-refractivity contribution in [1.82, 2.24) is 19.9 Å². The van der Waals surface area contributed by atoms with Gasteiger partial charge in [-0.15, -0.1) is 0 Å². The highest BCUT2D eigenvalue weighted by Gasteiger charge is 2.24. The zero-order chi connectivity index (χ0) is 19.3. The summed E-state index contributed by atoms with van der Waals surface area (Å²) in [5, 5.41) is 3.41. The van der Waals surface area contributed by atoms with E-state index >= 15 is 0 Å². The molecule has 1 aromatic carbocycles. The second kappa shape index (κ2) is 8.35. The van der Waals surface area contributed by atoms with Crippen molar-refractivity contribution in [3.05, 3.63) is 42.5 Å². The van der Waals surface area contributed by atoms with Gasteiger partial charge in [0.25, 0.3) is 0 Å². The highest BCUT2D eigenvalue weighted by Crippen LogP contribution is 2.30. The van der Waals surface area contributed by atoms with Crippen LogP contribution >= 0.6 is 0 Å². The second-order valence-corrected chi connectivity index (χ2v) is 7.03. The van der Waals surface area contributed by atoms with Gasteiger partial charge < -0.3 is 20.5 Å². The lowest BCUT2D eigenvalue weighted by atomic mass is 9.93. The molecule has 8 heteroatoms. The Morgan fingerprint density at radius 1 is 1.04 bits per heavy atom. The lowest BCUT2D eigenvalue weighted by Gasteiger charge is -2.29. The van der Waals surface area contributed by atoms with Gasteiger partial charge in [-0.05, 0) is 31.7 Å². The summed E-state index contributed by atoms with van der Waals surface area (Å²) >= 11 is 0. The first kappa shape index (κ1) is 18.4. The number of hydrogen-bond acceptors (Lipinski definition) is 8. The van der Waals surface area contributed by atoms with Gasteiger partial charge >= 0.3 is 0 Å². The fourth-order valence-electron chi connectivity index (χ4n) is 3.51. The maximum absolute atomic E-state index is 6.24. The summed E-state index contributed by atoms with van der Waals surface area (Å²) in [7, 11) is 1.66. The Labute approximate surface area is 163 Å². The molecule has 1 aliphatic carbocycles. The van der Waals surface area contributed by atoms with E-state index < -0.39 is 0 Å². The Balaban J connectivity index is 1.34. The average Bonchev–Trinajstić information content (AvgIpc) is 2.71. The molecule has 2 aromatic heterocycles. The minimum atomic E-state index is 0.134. The van der Waals surface area contributed by atoms with Gasteiger partial charge in [0.05, 0.1) is 18.2 Å². The molecule has 0 spiro atoms. The van der Waals surface area contributed by atoms with E-state index in [2.05, 4.69) is 25.3 Å². The van der Waals surface area contributed by atoms with Gasteiger partial charge in [0.2, 0.25) is 5.95 Å². The molecule has 1 fully saturated rings. The quantitative estimate of drug-likeness (QED) is 0.629. The minimum Gasteiger partial charge on any atom is -0.488 e. The molecule has 28 heavy (non-hydrogen) atoms. The van der Waals surface area contributed by atoms with Crippen molar-refractivity contribution in [2.24, 2.45) is 0 Å². The zero-order valence-corrected chi connectivity index (χ0v) is 15.8. The van der Waals surface area contributed by atoms with Gasteiger partial charge in [0.1, 0.15) is 11.3 Å². The van der Waals surface area contributed by atoms with Crippen LogP contribution in [0.1, 0.15) is 31.2 Å². The summed E-state index contributed by atoms with van der Waals surface area (Å²) in [4.78, 5) is 17.4. The Morgan fingerprint density at radius 3 is 2.54 bits per heavy atom. The van der Waals surface area contributed by atoms with E-state index in [0.29, 0.717) is 30.0 Å². The van der Waals surface area contributed by atoms with Crippen molar-refractivity contribution in [3.63, 3.8) is 0 Å². The molecule has 2 heterocycles. The largest absolute Gasteiger partial charge is 0.488 e. The first-order valence-electron chi connectivity index (χ1n) is 9.44. The maximum atomic E-state index is 6.24. The third-order valence-electron chi connectivity index (χ3n) is 4.88. The number of methoxy groups -OCH3 is 1. The van der Waals surface area contributed by atoms with Gasteiger partial charge in [0.15, 0.2) is 0 Å². The van der Waals surface area contributed by atoms with E-state index in [1.54, 1.807) is 31.9 Å². The molecule has 0 amide bonds. The molecule has 3 N–H and O–H groups in total. The van der Waals surface area contributed by atoms with Crippen LogP contribution in [-0.4, -0.2) is 39.2 Å². The molecule has 146 valence electrons. The van der Waals surface area contributed by atoms with Crippen molar-refractivity contribution in [3.8, 4) is 5.75 Å². The molecule has 0 saturated heterocycles. The first-order valence-corrected chi connectivity index (χ1v) is 9.44. The highest BCUT2D eigenvalue weighted by atomic mass is 16.5. The summed E-state index contributed by atoms with van der Waals surface area (Å²) in [5.41, 5.74) is 9.08. The lowest BCUT2D eigenvalue weighted by Crippen LogP contribution is -2.31. The van der Waals surface area contributed by atoms with Crippen LogP contribution in [-0.2, 0) is 11.3 Å². The van der Waals surface area contributed by atoms with Gasteiger partial charge in [-0.3, -0.25) is 4.98 Å². The first-order chi connectivity index (χ1) is 13.7. The number of aromatic nitrogens is 4. The van der Waals surface area contributed by atoms with E-state index in [4.69, 9.17) is 15.2 Å². The molecule has 0 atom stereocenters. The Kier molecular flexibility index (Phi) is 5.48. The number of fused-ring (bicyclic) bond motifs is 1. The average molecular weight is 380 g/mol. The van der Waals surface area contributed by atoms with Gasteiger partial charge in [-0.2, -0.15) is 0 Å². The van der Waals surface area contributed by atoms with Gasteiger partial charge in [-0.1, -0.05) is 0 Å². The monoisotopic (exact) mass is 380 g/mol. The predicted octanol–water partition coefficient (Wildman–Crippen LogP) is 2.95. The normalized spacial score (nSPS) is 19.5.